The van der Waals surface area contributed by atoms with E-state index in [1.54, 1.807) is 6.07 Å². The van der Waals surface area contributed by atoms with Crippen molar-refractivity contribution in [3.63, 3.8) is 0 Å². The zero-order valence-electron chi connectivity index (χ0n) is 10.2. The number of rotatable bonds is 3. The highest BCUT2D eigenvalue weighted by Gasteiger charge is 2.10. The number of aromatic amines is 1. The first kappa shape index (κ1) is 12.6. The van der Waals surface area contributed by atoms with Gasteiger partial charge < -0.3 is 4.90 Å². The van der Waals surface area contributed by atoms with Crippen LogP contribution in [0.5, 0.6) is 0 Å². The van der Waals surface area contributed by atoms with Crippen molar-refractivity contribution in [2.45, 2.75) is 25.8 Å². The van der Waals surface area contributed by atoms with E-state index in [1.165, 1.54) is 30.0 Å². The first-order chi connectivity index (χ1) is 8.70. The van der Waals surface area contributed by atoms with E-state index >= 15 is 0 Å². The molecular formula is C12H16N4O2. The van der Waals surface area contributed by atoms with Crippen LogP contribution in [0, 0.1) is 11.3 Å². The molecule has 1 aromatic heterocycles. The summed E-state index contributed by atoms with van der Waals surface area (Å²) in [5.74, 6) is 0. The molecule has 96 valence electrons. The van der Waals surface area contributed by atoms with Crippen molar-refractivity contribution < 1.29 is 0 Å². The second kappa shape index (κ2) is 5.65. The van der Waals surface area contributed by atoms with Gasteiger partial charge in [-0.2, -0.15) is 5.26 Å². The summed E-state index contributed by atoms with van der Waals surface area (Å²) in [5, 5.41) is 8.75. The van der Waals surface area contributed by atoms with Crippen LogP contribution in [0.15, 0.2) is 15.8 Å². The van der Waals surface area contributed by atoms with Crippen LogP contribution in [-0.4, -0.2) is 34.1 Å². The molecule has 6 nitrogen and oxygen atoms in total. The number of nitrogens with one attached hydrogen (secondary N) is 1. The smallest absolute Gasteiger partial charge is 0.302 e. The molecule has 1 fully saturated rings. The average Bonchev–Trinajstić information content (AvgIpc) is 2.39. The van der Waals surface area contributed by atoms with E-state index in [1.807, 2.05) is 0 Å². The molecule has 6 heteroatoms. The monoisotopic (exact) mass is 248 g/mol. The summed E-state index contributed by atoms with van der Waals surface area (Å²) in [4.78, 5) is 27.2. The van der Waals surface area contributed by atoms with Gasteiger partial charge in [-0.3, -0.25) is 14.3 Å². The highest BCUT2D eigenvalue weighted by atomic mass is 16.2. The first-order valence-corrected chi connectivity index (χ1v) is 6.17. The van der Waals surface area contributed by atoms with Gasteiger partial charge >= 0.3 is 5.69 Å². The summed E-state index contributed by atoms with van der Waals surface area (Å²) < 4.78 is 1.40. The zero-order chi connectivity index (χ0) is 13.0. The van der Waals surface area contributed by atoms with E-state index in [0.717, 1.165) is 19.6 Å². The molecule has 0 radical (unpaired) electrons. The second-order valence-electron chi connectivity index (χ2n) is 4.51. The number of hydrogen-bond donors (Lipinski definition) is 1. The van der Waals surface area contributed by atoms with Gasteiger partial charge in [0.15, 0.2) is 0 Å². The Balaban J connectivity index is 2.07. The largest absolute Gasteiger partial charge is 0.328 e. The lowest BCUT2D eigenvalue weighted by Gasteiger charge is -2.26. The molecule has 2 heterocycles. The lowest BCUT2D eigenvalue weighted by molar-refractivity contribution is 0.219. The van der Waals surface area contributed by atoms with Crippen molar-refractivity contribution in [2.24, 2.45) is 0 Å². The Morgan fingerprint density at radius 2 is 1.94 bits per heavy atom. The highest BCUT2D eigenvalue weighted by Crippen LogP contribution is 2.07. The van der Waals surface area contributed by atoms with E-state index in [0.29, 0.717) is 6.54 Å². The minimum atomic E-state index is -0.614. The van der Waals surface area contributed by atoms with Crippen molar-refractivity contribution in [1.82, 2.24) is 14.5 Å². The van der Waals surface area contributed by atoms with Crippen molar-refractivity contribution in [1.29, 1.82) is 5.26 Å². The van der Waals surface area contributed by atoms with Gasteiger partial charge in [-0.25, -0.2) is 4.79 Å². The molecule has 1 aliphatic rings. The fourth-order valence-corrected chi connectivity index (χ4v) is 2.19. The lowest BCUT2D eigenvalue weighted by Crippen LogP contribution is -2.37. The van der Waals surface area contributed by atoms with Crippen LogP contribution in [0.3, 0.4) is 0 Å². The van der Waals surface area contributed by atoms with Gasteiger partial charge in [-0.15, -0.1) is 0 Å². The highest BCUT2D eigenvalue weighted by molar-refractivity contribution is 5.21. The summed E-state index contributed by atoms with van der Waals surface area (Å²) in [6, 6.07) is 1.78. The second-order valence-corrected chi connectivity index (χ2v) is 4.51. The standard InChI is InChI=1S/C12H16N4O2/c13-8-10-9-16(12(18)14-11(10)17)7-6-15-4-2-1-3-5-15/h9H,1-7H2,(H,14,17,18). The van der Waals surface area contributed by atoms with Crippen LogP contribution in [0.25, 0.3) is 0 Å². The number of hydrogen-bond acceptors (Lipinski definition) is 4. The number of piperidine rings is 1. The van der Waals surface area contributed by atoms with E-state index in [9.17, 15) is 9.59 Å². The van der Waals surface area contributed by atoms with Crippen LogP contribution < -0.4 is 11.2 Å². The third-order valence-corrected chi connectivity index (χ3v) is 3.24. The molecular weight excluding hydrogens is 232 g/mol. The summed E-state index contributed by atoms with van der Waals surface area (Å²) >= 11 is 0. The molecule has 0 bridgehead atoms. The Morgan fingerprint density at radius 1 is 1.22 bits per heavy atom. The Labute approximate surface area is 104 Å². The maximum Gasteiger partial charge on any atom is 0.328 e. The number of likely N-dealkylation sites (tertiary alicyclic amines) is 1. The average molecular weight is 248 g/mol. The normalized spacial score (nSPS) is 16.4. The van der Waals surface area contributed by atoms with Gasteiger partial charge in [-0.1, -0.05) is 6.42 Å². The van der Waals surface area contributed by atoms with E-state index in [-0.39, 0.29) is 5.56 Å². The molecule has 1 aliphatic heterocycles. The number of aromatic nitrogens is 2. The third kappa shape index (κ3) is 2.87. The molecule has 0 atom stereocenters. The summed E-state index contributed by atoms with van der Waals surface area (Å²) in [6.07, 6.45) is 5.01. The van der Waals surface area contributed by atoms with Gasteiger partial charge in [-0.05, 0) is 25.9 Å². The van der Waals surface area contributed by atoms with Crippen LogP contribution in [0.2, 0.25) is 0 Å². The summed E-state index contributed by atoms with van der Waals surface area (Å²) in [6.45, 7) is 3.40. The molecule has 2 rings (SSSR count). The Morgan fingerprint density at radius 3 is 2.61 bits per heavy atom. The predicted octanol–water partition coefficient (Wildman–Crippen LogP) is -0.106. The SMILES string of the molecule is N#Cc1cn(CCN2CCCCC2)c(=O)[nH]c1=O. The summed E-state index contributed by atoms with van der Waals surface area (Å²) in [7, 11) is 0. The van der Waals surface area contributed by atoms with E-state index < -0.39 is 11.2 Å². The lowest BCUT2D eigenvalue weighted by atomic mass is 10.1. The van der Waals surface area contributed by atoms with Crippen LogP contribution in [0.1, 0.15) is 24.8 Å². The molecule has 1 N–H and O–H groups in total. The molecule has 0 spiro atoms. The molecule has 1 saturated heterocycles. The van der Waals surface area contributed by atoms with Crippen LogP contribution in [0.4, 0.5) is 0 Å². The van der Waals surface area contributed by atoms with E-state index in [4.69, 9.17) is 5.26 Å². The molecule has 0 unspecified atom stereocenters. The third-order valence-electron chi connectivity index (χ3n) is 3.24. The molecule has 18 heavy (non-hydrogen) atoms. The first-order valence-electron chi connectivity index (χ1n) is 6.17. The van der Waals surface area contributed by atoms with E-state index in [2.05, 4.69) is 9.88 Å². The minimum absolute atomic E-state index is 0.0201. The Bertz CT molecular complexity index is 561. The maximum absolute atomic E-state index is 11.6. The molecule has 1 aromatic rings. The number of nitrogens with zero attached hydrogens (tertiary/aromatic N) is 3. The predicted molar refractivity (Wildman–Crippen MR) is 66.3 cm³/mol. The number of nitriles is 1. The van der Waals surface area contributed by atoms with Gasteiger partial charge in [0, 0.05) is 19.3 Å². The minimum Gasteiger partial charge on any atom is -0.302 e. The number of H-pyrrole nitrogens is 1. The molecule has 0 saturated carbocycles. The quantitative estimate of drug-likeness (QED) is 0.809. The van der Waals surface area contributed by atoms with Gasteiger partial charge in [0.2, 0.25) is 0 Å². The molecule has 0 aromatic carbocycles. The Hall–Kier alpha value is -1.87. The molecule has 0 aliphatic carbocycles. The fraction of sp³-hybridized carbons (Fsp3) is 0.583. The topological polar surface area (TPSA) is 81.9 Å². The van der Waals surface area contributed by atoms with Crippen molar-refractivity contribution in [2.75, 3.05) is 19.6 Å². The van der Waals surface area contributed by atoms with Crippen molar-refractivity contribution >= 4 is 0 Å². The maximum atomic E-state index is 11.6. The van der Waals surface area contributed by atoms with Gasteiger partial charge in [0.05, 0.1) is 0 Å². The van der Waals surface area contributed by atoms with Crippen LogP contribution >= 0.6 is 0 Å². The van der Waals surface area contributed by atoms with Gasteiger partial charge in [0.1, 0.15) is 11.6 Å². The van der Waals surface area contributed by atoms with Crippen molar-refractivity contribution in [3.05, 3.63) is 32.6 Å². The van der Waals surface area contributed by atoms with Gasteiger partial charge in [0.25, 0.3) is 5.56 Å². The fourth-order valence-electron chi connectivity index (χ4n) is 2.19. The van der Waals surface area contributed by atoms with Crippen LogP contribution in [-0.2, 0) is 6.54 Å². The van der Waals surface area contributed by atoms with Crippen molar-refractivity contribution in [3.8, 4) is 6.07 Å². The molecule has 0 amide bonds. The summed E-state index contributed by atoms with van der Waals surface area (Å²) in [5.41, 5.74) is -1.08. The zero-order valence-corrected chi connectivity index (χ0v) is 10.2. The Kier molecular flexibility index (Phi) is 3.95.